The quantitative estimate of drug-likeness (QED) is 0.711. The van der Waals surface area contributed by atoms with Gasteiger partial charge in [-0.05, 0) is 31.1 Å². The van der Waals surface area contributed by atoms with Gasteiger partial charge >= 0.3 is 6.18 Å². The molecule has 0 aliphatic carbocycles. The van der Waals surface area contributed by atoms with Crippen molar-refractivity contribution in [3.8, 4) is 0 Å². The lowest BCUT2D eigenvalue weighted by molar-refractivity contribution is -0.146. The number of likely N-dealkylation sites (tertiary alicyclic amines) is 1. The number of nitrogens with one attached hydrogen (secondary N) is 1. The van der Waals surface area contributed by atoms with E-state index in [0.717, 1.165) is 5.57 Å². The first kappa shape index (κ1) is 21.8. The summed E-state index contributed by atoms with van der Waals surface area (Å²) in [6.45, 7) is -0.410. The number of alkyl halides is 3. The molecule has 0 unspecified atom stereocenters. The molecule has 30 heavy (non-hydrogen) atoms. The van der Waals surface area contributed by atoms with Gasteiger partial charge in [0.2, 0.25) is 0 Å². The number of carbonyl (C=O) groups is 1. The highest BCUT2D eigenvalue weighted by Crippen LogP contribution is 2.24. The van der Waals surface area contributed by atoms with Crippen molar-refractivity contribution in [1.82, 2.24) is 9.88 Å². The number of piperidine rings is 1. The van der Waals surface area contributed by atoms with Crippen molar-refractivity contribution in [3.05, 3.63) is 64.6 Å². The molecular weight excluding hydrogens is 412 g/mol. The van der Waals surface area contributed by atoms with Crippen LogP contribution in [0.5, 0.6) is 0 Å². The van der Waals surface area contributed by atoms with E-state index in [4.69, 9.17) is 0 Å². The van der Waals surface area contributed by atoms with Gasteiger partial charge in [-0.3, -0.25) is 9.69 Å². The highest BCUT2D eigenvalue weighted by atomic mass is 19.4. The van der Waals surface area contributed by atoms with Crippen molar-refractivity contribution in [3.63, 3.8) is 0 Å². The molecule has 160 valence electrons. The molecule has 0 bridgehead atoms. The van der Waals surface area contributed by atoms with E-state index in [9.17, 15) is 31.1 Å². The van der Waals surface area contributed by atoms with Gasteiger partial charge in [-0.1, -0.05) is 11.6 Å². The third kappa shape index (κ3) is 5.82. The minimum absolute atomic E-state index is 0.0204. The van der Waals surface area contributed by atoms with Crippen LogP contribution in [0.4, 0.5) is 32.2 Å². The summed E-state index contributed by atoms with van der Waals surface area (Å²) in [5, 5.41) is 2.25. The lowest BCUT2D eigenvalue weighted by Crippen LogP contribution is -2.38. The molecule has 0 saturated carbocycles. The Labute approximate surface area is 168 Å². The maximum absolute atomic E-state index is 13.7. The summed E-state index contributed by atoms with van der Waals surface area (Å²) in [6.07, 6.45) is -1.64. The van der Waals surface area contributed by atoms with E-state index in [-0.39, 0.29) is 18.9 Å². The second kappa shape index (κ2) is 8.86. The maximum Gasteiger partial charge on any atom is 0.401 e. The van der Waals surface area contributed by atoms with Gasteiger partial charge in [0.1, 0.15) is 28.8 Å². The fraction of sp³-hybridized carbons (Fsp3) is 0.300. The zero-order chi connectivity index (χ0) is 21.9. The van der Waals surface area contributed by atoms with Gasteiger partial charge < -0.3 is 5.32 Å². The molecule has 10 heteroatoms. The molecule has 2 aromatic rings. The van der Waals surface area contributed by atoms with E-state index in [1.54, 1.807) is 18.2 Å². The van der Waals surface area contributed by atoms with E-state index >= 15 is 0 Å². The first-order valence-electron chi connectivity index (χ1n) is 9.02. The Kier molecular flexibility index (Phi) is 6.45. The van der Waals surface area contributed by atoms with E-state index in [2.05, 4.69) is 10.3 Å². The summed E-state index contributed by atoms with van der Waals surface area (Å²) in [7, 11) is 0. The fourth-order valence-corrected chi connectivity index (χ4v) is 3.14. The average Bonchev–Trinajstić information content (AvgIpc) is 2.61. The number of anilines is 1. The SMILES string of the molecule is O=C(Nc1cccc(C=C2CCN(CC(F)(F)F)CC2)n1)c1c(F)cc(F)cc1F. The molecule has 1 aromatic carbocycles. The molecule has 1 aliphatic rings. The Morgan fingerprint density at radius 2 is 1.73 bits per heavy atom. The minimum Gasteiger partial charge on any atom is -0.306 e. The lowest BCUT2D eigenvalue weighted by Gasteiger charge is -2.28. The van der Waals surface area contributed by atoms with Crippen LogP contribution in [0.2, 0.25) is 0 Å². The summed E-state index contributed by atoms with van der Waals surface area (Å²) in [5.41, 5.74) is 0.408. The summed E-state index contributed by atoms with van der Waals surface area (Å²) in [6, 6.07) is 5.40. The zero-order valence-electron chi connectivity index (χ0n) is 15.6. The average molecular weight is 429 g/mol. The van der Waals surface area contributed by atoms with Crippen molar-refractivity contribution < 1.29 is 31.1 Å². The number of amides is 1. The third-order valence-electron chi connectivity index (χ3n) is 4.50. The molecule has 1 aliphatic heterocycles. The maximum atomic E-state index is 13.7. The van der Waals surface area contributed by atoms with Crippen molar-refractivity contribution in [2.75, 3.05) is 25.0 Å². The molecule has 1 amide bonds. The Morgan fingerprint density at radius 3 is 2.33 bits per heavy atom. The van der Waals surface area contributed by atoms with Gasteiger partial charge in [-0.2, -0.15) is 13.2 Å². The van der Waals surface area contributed by atoms with Crippen LogP contribution in [0.3, 0.4) is 0 Å². The first-order valence-corrected chi connectivity index (χ1v) is 9.02. The van der Waals surface area contributed by atoms with E-state index < -0.39 is 41.6 Å². The first-order chi connectivity index (χ1) is 14.1. The van der Waals surface area contributed by atoms with Crippen LogP contribution in [-0.4, -0.2) is 41.6 Å². The Bertz CT molecular complexity index is 940. The molecule has 1 N–H and O–H groups in total. The van der Waals surface area contributed by atoms with E-state index in [1.165, 1.54) is 11.0 Å². The molecule has 2 heterocycles. The second-order valence-electron chi connectivity index (χ2n) is 6.84. The molecule has 0 spiro atoms. The number of nitrogens with zero attached hydrogens (tertiary/aromatic N) is 2. The number of rotatable bonds is 4. The number of halogens is 6. The Balaban J connectivity index is 1.67. The molecule has 1 saturated heterocycles. The zero-order valence-corrected chi connectivity index (χ0v) is 15.6. The number of benzene rings is 1. The predicted molar refractivity (Wildman–Crippen MR) is 98.2 cm³/mol. The van der Waals surface area contributed by atoms with E-state index in [0.29, 0.717) is 30.7 Å². The van der Waals surface area contributed by atoms with Gasteiger partial charge in [0.25, 0.3) is 5.91 Å². The fourth-order valence-electron chi connectivity index (χ4n) is 3.14. The largest absolute Gasteiger partial charge is 0.401 e. The number of hydrogen-bond acceptors (Lipinski definition) is 3. The normalized spacial score (nSPS) is 15.2. The minimum atomic E-state index is -4.24. The van der Waals surface area contributed by atoms with Crippen molar-refractivity contribution in [2.45, 2.75) is 19.0 Å². The monoisotopic (exact) mass is 429 g/mol. The smallest absolute Gasteiger partial charge is 0.306 e. The molecule has 0 radical (unpaired) electrons. The highest BCUT2D eigenvalue weighted by Gasteiger charge is 2.31. The Hall–Kier alpha value is -2.88. The van der Waals surface area contributed by atoms with Gasteiger partial charge in [0.15, 0.2) is 0 Å². The van der Waals surface area contributed by atoms with Crippen LogP contribution in [0.1, 0.15) is 28.9 Å². The number of carbonyl (C=O) groups excluding carboxylic acids is 1. The number of pyridine rings is 1. The van der Waals surface area contributed by atoms with Crippen LogP contribution in [0.25, 0.3) is 6.08 Å². The number of aromatic nitrogens is 1. The molecule has 1 fully saturated rings. The van der Waals surface area contributed by atoms with Crippen LogP contribution < -0.4 is 5.32 Å². The lowest BCUT2D eigenvalue weighted by atomic mass is 10.0. The molecule has 3 rings (SSSR count). The van der Waals surface area contributed by atoms with Gasteiger partial charge in [-0.15, -0.1) is 0 Å². The second-order valence-corrected chi connectivity index (χ2v) is 6.84. The summed E-state index contributed by atoms with van der Waals surface area (Å²) in [5.74, 6) is -4.92. The molecular formula is C20H17F6N3O. The van der Waals surface area contributed by atoms with Crippen molar-refractivity contribution >= 4 is 17.8 Å². The van der Waals surface area contributed by atoms with Crippen molar-refractivity contribution in [1.29, 1.82) is 0 Å². The van der Waals surface area contributed by atoms with Gasteiger partial charge in [0, 0.05) is 25.2 Å². The van der Waals surface area contributed by atoms with Crippen molar-refractivity contribution in [2.24, 2.45) is 0 Å². The van der Waals surface area contributed by atoms with Crippen LogP contribution in [-0.2, 0) is 0 Å². The highest BCUT2D eigenvalue weighted by molar-refractivity contribution is 6.04. The van der Waals surface area contributed by atoms with Gasteiger partial charge in [0.05, 0.1) is 12.2 Å². The van der Waals surface area contributed by atoms with E-state index in [1.807, 2.05) is 0 Å². The summed E-state index contributed by atoms with van der Waals surface area (Å²) in [4.78, 5) is 17.6. The Morgan fingerprint density at radius 1 is 1.10 bits per heavy atom. The van der Waals surface area contributed by atoms with Gasteiger partial charge in [-0.25, -0.2) is 18.2 Å². The summed E-state index contributed by atoms with van der Waals surface area (Å²) >= 11 is 0. The predicted octanol–water partition coefficient (Wildman–Crippen LogP) is 4.79. The molecule has 0 atom stereocenters. The standard InChI is InChI=1S/C20H17F6N3O/c21-13-9-15(22)18(16(23)10-13)19(30)28-17-3-1-2-14(27-17)8-12-4-6-29(7-5-12)11-20(24,25)26/h1-3,8-10H,4-7,11H2,(H,27,28,30). The van der Waals surface area contributed by atoms with Crippen LogP contribution in [0.15, 0.2) is 35.9 Å². The molecule has 4 nitrogen and oxygen atoms in total. The van der Waals surface area contributed by atoms with Crippen LogP contribution >= 0.6 is 0 Å². The molecule has 1 aromatic heterocycles. The third-order valence-corrected chi connectivity index (χ3v) is 4.50. The number of hydrogen-bond donors (Lipinski definition) is 1. The summed E-state index contributed by atoms with van der Waals surface area (Å²) < 4.78 is 77.9. The van der Waals surface area contributed by atoms with Crippen LogP contribution in [0, 0.1) is 17.5 Å². The topological polar surface area (TPSA) is 45.2 Å².